The number of nitrogens with zero attached hydrogens (tertiary/aromatic N) is 2. The van der Waals surface area contributed by atoms with Gasteiger partial charge in [-0.25, -0.2) is 17.8 Å². The van der Waals surface area contributed by atoms with E-state index in [1.54, 1.807) is 17.6 Å². The Hall–Kier alpha value is -0.410. The molecule has 2 aromatic rings. The Kier molecular flexibility index (Phi) is 3.94. The van der Waals surface area contributed by atoms with Gasteiger partial charge in [0.05, 0.1) is 37.5 Å². The number of imidazole rings is 1. The van der Waals surface area contributed by atoms with Crippen LogP contribution in [-0.2, 0) is 9.84 Å². The molecule has 1 aliphatic heterocycles. The van der Waals surface area contributed by atoms with E-state index in [9.17, 15) is 12.8 Å². The number of halogens is 3. The van der Waals surface area contributed by atoms with Crippen molar-refractivity contribution in [1.82, 2.24) is 9.55 Å². The van der Waals surface area contributed by atoms with Gasteiger partial charge in [0.1, 0.15) is 11.6 Å². The molecule has 4 nitrogen and oxygen atoms in total. The first-order valence-electron chi connectivity index (χ1n) is 6.50. The van der Waals surface area contributed by atoms with Crippen LogP contribution in [0.15, 0.2) is 12.1 Å². The largest absolute Gasteiger partial charge is 0.322 e. The molecule has 0 N–H and O–H groups in total. The monoisotopic (exact) mass is 442 g/mol. The molecule has 0 saturated carbocycles. The van der Waals surface area contributed by atoms with Gasteiger partial charge in [-0.1, -0.05) is 0 Å². The van der Waals surface area contributed by atoms with Gasteiger partial charge in [0.15, 0.2) is 9.84 Å². The molecular weight excluding hydrogens is 430 g/mol. The zero-order chi connectivity index (χ0) is 15.4. The maximum Gasteiger partial charge on any atom is 0.152 e. The smallest absolute Gasteiger partial charge is 0.152 e. The number of alkyl halides is 1. The van der Waals surface area contributed by atoms with E-state index in [1.165, 1.54) is 6.07 Å². The van der Waals surface area contributed by atoms with Gasteiger partial charge in [0.2, 0.25) is 0 Å². The lowest BCUT2D eigenvalue weighted by atomic mass is 10.2. The minimum Gasteiger partial charge on any atom is -0.322 e. The van der Waals surface area contributed by atoms with E-state index in [0.29, 0.717) is 26.8 Å². The fraction of sp³-hybridized carbons (Fsp3) is 0.462. The van der Waals surface area contributed by atoms with Crippen molar-refractivity contribution < 1.29 is 12.8 Å². The maximum atomic E-state index is 13.9. The average molecular weight is 443 g/mol. The molecule has 21 heavy (non-hydrogen) atoms. The van der Waals surface area contributed by atoms with Gasteiger partial charge >= 0.3 is 0 Å². The maximum absolute atomic E-state index is 13.9. The van der Waals surface area contributed by atoms with Crippen LogP contribution in [0.1, 0.15) is 30.6 Å². The molecule has 0 aliphatic carbocycles. The minimum absolute atomic E-state index is 0.0582. The fourth-order valence-corrected chi connectivity index (χ4v) is 5.06. The number of hydrogen-bond donors (Lipinski definition) is 0. The van der Waals surface area contributed by atoms with E-state index in [-0.39, 0.29) is 28.7 Å². The van der Waals surface area contributed by atoms with E-state index < -0.39 is 9.84 Å². The SMILES string of the molecule is CC(Cl)c1nc2cc(I)c(F)cc2n1C1CCS(=O)(=O)C1. The second-order valence-electron chi connectivity index (χ2n) is 5.27. The van der Waals surface area contributed by atoms with E-state index in [4.69, 9.17) is 11.6 Å². The molecule has 2 unspecified atom stereocenters. The van der Waals surface area contributed by atoms with Crippen molar-refractivity contribution >= 4 is 55.1 Å². The van der Waals surface area contributed by atoms with Crippen molar-refractivity contribution in [3.8, 4) is 0 Å². The highest BCUT2D eigenvalue weighted by Crippen LogP contribution is 2.34. The zero-order valence-corrected chi connectivity index (χ0v) is 14.9. The summed E-state index contributed by atoms with van der Waals surface area (Å²) in [6.07, 6.45) is 0.512. The molecule has 2 heterocycles. The molecule has 2 atom stereocenters. The van der Waals surface area contributed by atoms with Crippen molar-refractivity contribution in [3.63, 3.8) is 0 Å². The molecular formula is C13H13ClFIN2O2S. The summed E-state index contributed by atoms with van der Waals surface area (Å²) in [7, 11) is -3.04. The summed E-state index contributed by atoms with van der Waals surface area (Å²) in [6, 6.07) is 2.85. The standard InChI is InChI=1S/C13H13ClFIN2O2S/c1-7(14)13-17-11-5-10(16)9(15)4-12(11)18(13)8-2-3-21(19,20)6-8/h4-5,7-8H,2-3,6H2,1H3. The number of benzene rings is 1. The molecule has 3 rings (SSSR count). The summed E-state index contributed by atoms with van der Waals surface area (Å²) in [5.41, 5.74) is 1.25. The normalized spacial score (nSPS) is 22.8. The lowest BCUT2D eigenvalue weighted by Crippen LogP contribution is -2.14. The van der Waals surface area contributed by atoms with Gasteiger partial charge in [-0.05, 0) is 42.0 Å². The van der Waals surface area contributed by atoms with Crippen LogP contribution in [0.3, 0.4) is 0 Å². The van der Waals surface area contributed by atoms with E-state index in [0.717, 1.165) is 0 Å². The Morgan fingerprint density at radius 1 is 1.52 bits per heavy atom. The Labute approximate surface area is 140 Å². The van der Waals surface area contributed by atoms with Crippen LogP contribution >= 0.6 is 34.2 Å². The summed E-state index contributed by atoms with van der Waals surface area (Å²) in [4.78, 5) is 4.47. The van der Waals surface area contributed by atoms with E-state index >= 15 is 0 Å². The third-order valence-electron chi connectivity index (χ3n) is 3.69. The molecule has 8 heteroatoms. The van der Waals surface area contributed by atoms with Crippen molar-refractivity contribution in [2.75, 3.05) is 11.5 Å². The first-order chi connectivity index (χ1) is 9.78. The molecule has 1 aromatic carbocycles. The summed E-state index contributed by atoms with van der Waals surface area (Å²) in [6.45, 7) is 1.78. The van der Waals surface area contributed by atoms with Gasteiger partial charge in [-0.2, -0.15) is 0 Å². The van der Waals surface area contributed by atoms with E-state index in [2.05, 4.69) is 4.98 Å². The lowest BCUT2D eigenvalue weighted by molar-refractivity contribution is 0.543. The Bertz CT molecular complexity index is 819. The first-order valence-corrected chi connectivity index (χ1v) is 9.83. The second-order valence-corrected chi connectivity index (χ2v) is 9.31. The number of rotatable bonds is 2. The molecule has 1 fully saturated rings. The lowest BCUT2D eigenvalue weighted by Gasteiger charge is -2.16. The molecule has 0 bridgehead atoms. The van der Waals surface area contributed by atoms with Crippen LogP contribution < -0.4 is 0 Å². The number of aromatic nitrogens is 2. The fourth-order valence-electron chi connectivity index (χ4n) is 2.75. The molecule has 0 spiro atoms. The molecule has 1 saturated heterocycles. The van der Waals surface area contributed by atoms with Gasteiger partial charge in [0, 0.05) is 6.07 Å². The Morgan fingerprint density at radius 2 is 2.24 bits per heavy atom. The van der Waals surface area contributed by atoms with Gasteiger partial charge in [-0.15, -0.1) is 11.6 Å². The highest BCUT2D eigenvalue weighted by atomic mass is 127. The van der Waals surface area contributed by atoms with Gasteiger partial charge in [-0.3, -0.25) is 0 Å². The topological polar surface area (TPSA) is 52.0 Å². The van der Waals surface area contributed by atoms with Gasteiger partial charge < -0.3 is 4.57 Å². The summed E-state index contributed by atoms with van der Waals surface area (Å²) in [5.74, 6) is 0.470. The Morgan fingerprint density at radius 3 is 2.81 bits per heavy atom. The van der Waals surface area contributed by atoms with Crippen LogP contribution in [-0.4, -0.2) is 29.5 Å². The second kappa shape index (κ2) is 5.34. The van der Waals surface area contributed by atoms with Crippen LogP contribution in [0.2, 0.25) is 0 Å². The van der Waals surface area contributed by atoms with Gasteiger partial charge in [0.25, 0.3) is 0 Å². The van der Waals surface area contributed by atoms with E-state index in [1.807, 2.05) is 22.6 Å². The van der Waals surface area contributed by atoms with Crippen LogP contribution in [0.5, 0.6) is 0 Å². The number of fused-ring (bicyclic) bond motifs is 1. The number of hydrogen-bond acceptors (Lipinski definition) is 3. The number of sulfone groups is 1. The van der Waals surface area contributed by atoms with Crippen molar-refractivity contribution in [2.45, 2.75) is 24.8 Å². The quantitative estimate of drug-likeness (QED) is 0.529. The highest BCUT2D eigenvalue weighted by molar-refractivity contribution is 14.1. The van der Waals surface area contributed by atoms with Crippen LogP contribution in [0.25, 0.3) is 11.0 Å². The van der Waals surface area contributed by atoms with Crippen molar-refractivity contribution in [1.29, 1.82) is 0 Å². The molecule has 114 valence electrons. The molecule has 1 aliphatic rings. The predicted molar refractivity (Wildman–Crippen MR) is 89.0 cm³/mol. The predicted octanol–water partition coefficient (Wildman–Crippen LogP) is 3.44. The first kappa shape index (κ1) is 15.5. The van der Waals surface area contributed by atoms with Crippen LogP contribution in [0, 0.1) is 9.39 Å². The Balaban J connectivity index is 2.23. The molecule has 0 amide bonds. The minimum atomic E-state index is -3.04. The third-order valence-corrected chi connectivity index (χ3v) is 6.46. The summed E-state index contributed by atoms with van der Waals surface area (Å²) < 4.78 is 39.6. The molecule has 1 aromatic heterocycles. The highest BCUT2D eigenvalue weighted by Gasteiger charge is 2.32. The third kappa shape index (κ3) is 2.79. The summed E-state index contributed by atoms with van der Waals surface area (Å²) in [5, 5.41) is -0.374. The summed E-state index contributed by atoms with van der Waals surface area (Å²) >= 11 is 8.09. The van der Waals surface area contributed by atoms with Crippen molar-refractivity contribution in [2.24, 2.45) is 0 Å². The zero-order valence-electron chi connectivity index (χ0n) is 11.2. The average Bonchev–Trinajstić information content (AvgIpc) is 2.90. The van der Waals surface area contributed by atoms with Crippen LogP contribution in [0.4, 0.5) is 4.39 Å². The van der Waals surface area contributed by atoms with Crippen molar-refractivity contribution in [3.05, 3.63) is 27.3 Å². The molecule has 0 radical (unpaired) electrons.